The van der Waals surface area contributed by atoms with Crippen LogP contribution in [0.2, 0.25) is 0 Å². The number of nitrogens with one attached hydrogen (secondary N) is 2. The molecule has 0 bridgehead atoms. The summed E-state index contributed by atoms with van der Waals surface area (Å²) in [5.74, 6) is -1.23. The molecule has 2 aromatic heterocycles. The van der Waals surface area contributed by atoms with Gasteiger partial charge >= 0.3 is 6.36 Å². The summed E-state index contributed by atoms with van der Waals surface area (Å²) in [5, 5.41) is 5.71. The molecule has 1 saturated carbocycles. The maximum Gasteiger partial charge on any atom is 0.573 e. The number of hydrogen-bond donors (Lipinski definition) is 2. The van der Waals surface area contributed by atoms with Crippen LogP contribution in [0.15, 0.2) is 36.7 Å². The molecule has 2 fully saturated rings. The van der Waals surface area contributed by atoms with Crippen LogP contribution in [-0.4, -0.2) is 65.3 Å². The van der Waals surface area contributed by atoms with Gasteiger partial charge in [0.1, 0.15) is 11.5 Å². The topological polar surface area (TPSA) is 95.5 Å². The minimum atomic E-state index is -4.95. The molecule has 1 saturated heterocycles. The average Bonchev–Trinajstić information content (AvgIpc) is 3.60. The number of halogens is 4. The van der Waals surface area contributed by atoms with E-state index in [1.165, 1.54) is 6.07 Å². The molecule has 1 spiro atoms. The highest BCUT2D eigenvalue weighted by Gasteiger charge is 2.52. The molecule has 38 heavy (non-hydrogen) atoms. The lowest BCUT2D eigenvalue weighted by atomic mass is 9.99. The van der Waals surface area contributed by atoms with Gasteiger partial charge in [-0.25, -0.2) is 19.3 Å². The molecule has 2 aliphatic heterocycles. The minimum absolute atomic E-state index is 0.0761. The SMILES string of the molecule is CN1CCN(c2cc(Nc3ncc(F)c(-c4ccc5c(c4)C(=O)NC54CC4)n3)c(OC(F)(F)F)cn2)CC1. The van der Waals surface area contributed by atoms with Crippen molar-refractivity contribution in [2.75, 3.05) is 43.4 Å². The van der Waals surface area contributed by atoms with E-state index in [0.717, 1.165) is 43.9 Å². The van der Waals surface area contributed by atoms with Gasteiger partial charge in [0.15, 0.2) is 11.6 Å². The van der Waals surface area contributed by atoms with E-state index in [-0.39, 0.29) is 28.8 Å². The van der Waals surface area contributed by atoms with Crippen LogP contribution in [0.3, 0.4) is 0 Å². The van der Waals surface area contributed by atoms with Crippen molar-refractivity contribution >= 4 is 23.4 Å². The fraction of sp³-hybridized carbons (Fsp3) is 0.360. The van der Waals surface area contributed by atoms with Crippen molar-refractivity contribution in [3.05, 3.63) is 53.6 Å². The van der Waals surface area contributed by atoms with Gasteiger partial charge in [0.05, 0.1) is 23.6 Å². The van der Waals surface area contributed by atoms with E-state index < -0.39 is 17.9 Å². The van der Waals surface area contributed by atoms with Gasteiger partial charge in [-0.15, -0.1) is 13.2 Å². The monoisotopic (exact) mass is 529 g/mol. The number of carbonyl (C=O) groups is 1. The Morgan fingerprint density at radius 3 is 2.55 bits per heavy atom. The lowest BCUT2D eigenvalue weighted by molar-refractivity contribution is -0.274. The highest BCUT2D eigenvalue weighted by Crippen LogP contribution is 2.50. The molecular formula is C25H23F4N7O2. The number of carbonyl (C=O) groups excluding carboxylic acids is 1. The van der Waals surface area contributed by atoms with Crippen molar-refractivity contribution in [2.45, 2.75) is 24.7 Å². The van der Waals surface area contributed by atoms with Gasteiger partial charge in [-0.05, 0) is 31.5 Å². The minimum Gasteiger partial charge on any atom is -0.402 e. The third kappa shape index (κ3) is 4.57. The van der Waals surface area contributed by atoms with Gasteiger partial charge in [0.2, 0.25) is 5.95 Å². The Morgan fingerprint density at radius 1 is 1.08 bits per heavy atom. The van der Waals surface area contributed by atoms with Gasteiger partial charge in [-0.2, -0.15) is 0 Å². The summed E-state index contributed by atoms with van der Waals surface area (Å²) in [7, 11) is 1.98. The summed E-state index contributed by atoms with van der Waals surface area (Å²) in [6.07, 6.45) is -1.34. The van der Waals surface area contributed by atoms with Crippen LogP contribution in [0.5, 0.6) is 5.75 Å². The molecule has 0 radical (unpaired) electrons. The van der Waals surface area contributed by atoms with Crippen molar-refractivity contribution in [3.63, 3.8) is 0 Å². The standard InChI is InChI=1S/C25H23F4N7O2/c1-35-6-8-36(9-7-35)20-11-18(19(13-30-20)38-25(27,28)29)32-23-31-12-17(26)21(33-23)14-2-3-16-15(10-14)22(37)34-24(16)4-5-24/h2-3,10-13H,4-9H2,1H3,(H,34,37)(H,30,31,32,33). The highest BCUT2D eigenvalue weighted by atomic mass is 19.4. The molecule has 3 aromatic rings. The van der Waals surface area contributed by atoms with Crippen molar-refractivity contribution in [1.82, 2.24) is 25.2 Å². The summed E-state index contributed by atoms with van der Waals surface area (Å²) in [6, 6.07) is 6.45. The number of hydrogen-bond acceptors (Lipinski definition) is 8. The van der Waals surface area contributed by atoms with Crippen molar-refractivity contribution < 1.29 is 27.1 Å². The first-order valence-corrected chi connectivity index (χ1v) is 12.1. The fourth-order valence-electron chi connectivity index (χ4n) is 4.86. The number of anilines is 3. The molecule has 9 nitrogen and oxygen atoms in total. The third-order valence-corrected chi connectivity index (χ3v) is 7.05. The molecule has 1 aromatic carbocycles. The predicted molar refractivity (Wildman–Crippen MR) is 130 cm³/mol. The van der Waals surface area contributed by atoms with Gasteiger partial charge in [-0.1, -0.05) is 12.1 Å². The van der Waals surface area contributed by atoms with E-state index in [9.17, 15) is 22.4 Å². The first-order valence-electron chi connectivity index (χ1n) is 12.1. The van der Waals surface area contributed by atoms with Gasteiger partial charge in [0, 0.05) is 43.4 Å². The van der Waals surface area contributed by atoms with Crippen LogP contribution in [0, 0.1) is 5.82 Å². The van der Waals surface area contributed by atoms with Crippen molar-refractivity contribution in [3.8, 4) is 17.0 Å². The van der Waals surface area contributed by atoms with E-state index in [2.05, 4.69) is 35.2 Å². The molecular weight excluding hydrogens is 506 g/mol. The molecule has 198 valence electrons. The molecule has 1 aliphatic carbocycles. The zero-order valence-corrected chi connectivity index (χ0v) is 20.3. The number of alkyl halides is 3. The zero-order valence-electron chi connectivity index (χ0n) is 20.3. The van der Waals surface area contributed by atoms with Crippen LogP contribution in [0.4, 0.5) is 35.0 Å². The number of rotatable bonds is 5. The summed E-state index contributed by atoms with van der Waals surface area (Å²) in [4.78, 5) is 28.8. The fourth-order valence-corrected chi connectivity index (χ4v) is 4.86. The second-order valence-corrected chi connectivity index (χ2v) is 9.69. The summed E-state index contributed by atoms with van der Waals surface area (Å²) >= 11 is 0. The smallest absolute Gasteiger partial charge is 0.402 e. The van der Waals surface area contributed by atoms with Crippen molar-refractivity contribution in [2.24, 2.45) is 0 Å². The molecule has 4 heterocycles. The third-order valence-electron chi connectivity index (χ3n) is 7.05. The maximum atomic E-state index is 14.8. The molecule has 1 amide bonds. The maximum absolute atomic E-state index is 14.8. The van der Waals surface area contributed by atoms with E-state index in [4.69, 9.17) is 0 Å². The molecule has 2 N–H and O–H groups in total. The first-order chi connectivity index (χ1) is 18.1. The summed E-state index contributed by atoms with van der Waals surface area (Å²) in [5.41, 5.74) is 1.19. The first kappa shape index (κ1) is 24.3. The average molecular weight is 529 g/mol. The molecule has 0 atom stereocenters. The highest BCUT2D eigenvalue weighted by molar-refractivity contribution is 6.01. The van der Waals surface area contributed by atoms with Crippen LogP contribution < -0.4 is 20.3 Å². The molecule has 3 aliphatic rings. The van der Waals surface area contributed by atoms with E-state index in [0.29, 0.717) is 30.0 Å². The Hall–Kier alpha value is -4.00. The molecule has 6 rings (SSSR count). The number of fused-ring (bicyclic) bond motifs is 2. The van der Waals surface area contributed by atoms with Crippen LogP contribution in [0.1, 0.15) is 28.8 Å². The number of aromatic nitrogens is 3. The predicted octanol–water partition coefficient (Wildman–Crippen LogP) is 3.80. The number of benzene rings is 1. The molecule has 13 heteroatoms. The Kier molecular flexibility index (Phi) is 5.63. The van der Waals surface area contributed by atoms with Crippen molar-refractivity contribution in [1.29, 1.82) is 0 Å². The molecule has 0 unspecified atom stereocenters. The van der Waals surface area contributed by atoms with Gasteiger partial charge < -0.3 is 25.2 Å². The van der Waals surface area contributed by atoms with Gasteiger partial charge in [0.25, 0.3) is 5.91 Å². The summed E-state index contributed by atoms with van der Waals surface area (Å²) < 4.78 is 58.2. The van der Waals surface area contributed by atoms with Crippen LogP contribution in [-0.2, 0) is 5.54 Å². The quantitative estimate of drug-likeness (QED) is 0.482. The Labute approximate surface area is 214 Å². The second-order valence-electron chi connectivity index (χ2n) is 9.69. The lowest BCUT2D eigenvalue weighted by Crippen LogP contribution is -2.44. The Morgan fingerprint density at radius 2 is 1.84 bits per heavy atom. The largest absolute Gasteiger partial charge is 0.573 e. The van der Waals surface area contributed by atoms with Gasteiger partial charge in [-0.3, -0.25) is 4.79 Å². The van der Waals surface area contributed by atoms with E-state index >= 15 is 0 Å². The number of ether oxygens (including phenoxy) is 1. The van der Waals surface area contributed by atoms with Crippen LogP contribution >= 0.6 is 0 Å². The summed E-state index contributed by atoms with van der Waals surface area (Å²) in [6.45, 7) is 2.84. The number of amides is 1. The zero-order chi connectivity index (χ0) is 26.7. The normalized spacial score (nSPS) is 18.3. The number of piperazine rings is 1. The second kappa shape index (κ2) is 8.79. The Balaban J connectivity index is 1.33. The number of nitrogens with zero attached hydrogens (tertiary/aromatic N) is 5. The number of pyridine rings is 1. The van der Waals surface area contributed by atoms with Crippen LogP contribution in [0.25, 0.3) is 11.3 Å². The van der Waals surface area contributed by atoms with E-state index in [1.807, 2.05) is 11.9 Å². The number of likely N-dealkylation sites (N-methyl/N-ethyl adjacent to an activating group) is 1. The lowest BCUT2D eigenvalue weighted by Gasteiger charge is -2.33. The Bertz CT molecular complexity index is 1420. The van der Waals surface area contributed by atoms with E-state index in [1.54, 1.807) is 18.2 Å².